The van der Waals surface area contributed by atoms with Crippen molar-refractivity contribution >= 4 is 41.1 Å². The van der Waals surface area contributed by atoms with Crippen LogP contribution in [0.5, 0.6) is 0 Å². The van der Waals surface area contributed by atoms with Gasteiger partial charge in [-0.1, -0.05) is 37.2 Å². The molecule has 0 aliphatic heterocycles. The van der Waals surface area contributed by atoms with Gasteiger partial charge in [0, 0.05) is 23.4 Å². The van der Waals surface area contributed by atoms with Gasteiger partial charge in [-0.05, 0) is 55.7 Å². The number of halogens is 4. The maximum atomic E-state index is 13.8. The fourth-order valence-electron chi connectivity index (χ4n) is 5.28. The van der Waals surface area contributed by atoms with Gasteiger partial charge in [0.1, 0.15) is 13.7 Å². The first-order valence-electron chi connectivity index (χ1n) is 11.9. The first-order valence-corrected chi connectivity index (χ1v) is 17.3. The van der Waals surface area contributed by atoms with Gasteiger partial charge in [-0.2, -0.15) is 0 Å². The van der Waals surface area contributed by atoms with Gasteiger partial charge in [0.25, 0.3) is 5.91 Å². The second-order valence-electron chi connectivity index (χ2n) is 10.9. The molecule has 2 aliphatic carbocycles. The van der Waals surface area contributed by atoms with Crippen LogP contribution in [0.1, 0.15) is 36.0 Å². The molecule has 2 aliphatic rings. The lowest BCUT2D eigenvalue weighted by molar-refractivity contribution is 0.0341. The summed E-state index contributed by atoms with van der Waals surface area (Å²) in [5.41, 5.74) is 1.54. The molecular formula is C26H27ClF3NO4SSi. The van der Waals surface area contributed by atoms with Crippen LogP contribution in [0.3, 0.4) is 0 Å². The van der Waals surface area contributed by atoms with Crippen molar-refractivity contribution in [3.05, 3.63) is 58.4 Å². The minimum atomic E-state index is -4.00. The van der Waals surface area contributed by atoms with Crippen LogP contribution >= 0.6 is 11.6 Å². The summed E-state index contributed by atoms with van der Waals surface area (Å²) < 4.78 is 67.9. The molecule has 1 amide bonds. The Kier molecular flexibility index (Phi) is 7.31. The number of aliphatic hydroxyl groups is 1. The van der Waals surface area contributed by atoms with Gasteiger partial charge in [0.05, 0.1) is 15.2 Å². The Bertz CT molecular complexity index is 1390. The predicted molar refractivity (Wildman–Crippen MR) is 138 cm³/mol. The Morgan fingerprint density at radius 2 is 1.65 bits per heavy atom. The van der Waals surface area contributed by atoms with E-state index in [2.05, 4.69) is 36.4 Å². The Labute approximate surface area is 220 Å². The molecule has 11 heteroatoms. The monoisotopic (exact) mass is 569 g/mol. The summed E-state index contributed by atoms with van der Waals surface area (Å²) in [7, 11) is -5.74. The largest absolute Gasteiger partial charge is 0.378 e. The van der Waals surface area contributed by atoms with E-state index < -0.39 is 52.1 Å². The van der Waals surface area contributed by atoms with Crippen LogP contribution in [-0.2, 0) is 9.84 Å². The molecule has 2 aromatic carbocycles. The molecule has 37 heavy (non-hydrogen) atoms. The van der Waals surface area contributed by atoms with Gasteiger partial charge >= 0.3 is 0 Å². The lowest BCUT2D eigenvalue weighted by atomic mass is 9.78. The number of hydrogen-bond acceptors (Lipinski definition) is 4. The highest BCUT2D eigenvalue weighted by atomic mass is 35.5. The number of carbonyl (C=O) groups is 1. The molecule has 4 rings (SSSR count). The first kappa shape index (κ1) is 27.7. The zero-order chi connectivity index (χ0) is 27.3. The predicted octanol–water partition coefficient (Wildman–Crippen LogP) is 5.58. The third-order valence-electron chi connectivity index (χ3n) is 6.81. The summed E-state index contributed by atoms with van der Waals surface area (Å²) in [6.07, 6.45) is 1.74. The van der Waals surface area contributed by atoms with E-state index in [-0.39, 0.29) is 45.8 Å². The Hall–Kier alpha value is -2.32. The second-order valence-corrected chi connectivity index (χ2v) is 18.1. The van der Waals surface area contributed by atoms with Gasteiger partial charge in [-0.25, -0.2) is 21.6 Å². The standard InChI is InChI=1S/C26H27ClF3NO4SSi/c1-37(2,3)9-8-26(33)13-16-4-5-17(14-26)24(16)36(34,35)22-10-15(6-7-19(22)27)25(32)31-18-11-20(28)23(30)21(29)12-18/h6-7,10-12,16-17,24,33H,4-5,13-14H2,1-3H3,(H,31,32)/t16?,17?,24-,26+. The zero-order valence-corrected chi connectivity index (χ0v) is 23.1. The molecule has 2 fully saturated rings. The average molecular weight is 570 g/mol. The van der Waals surface area contributed by atoms with E-state index in [9.17, 15) is 31.5 Å². The van der Waals surface area contributed by atoms with E-state index in [4.69, 9.17) is 11.6 Å². The van der Waals surface area contributed by atoms with Crippen LogP contribution in [0, 0.1) is 40.8 Å². The lowest BCUT2D eigenvalue weighted by Gasteiger charge is -2.38. The molecule has 0 aromatic heterocycles. The van der Waals surface area contributed by atoms with Gasteiger partial charge < -0.3 is 10.4 Å². The summed E-state index contributed by atoms with van der Waals surface area (Å²) >= 11 is 6.28. The SMILES string of the molecule is C[Si](C)(C)C#C[C@]1(O)CC2CCC(C1)[C@@H]2S(=O)(=O)c1cc(C(=O)Nc2cc(F)c(F)c(F)c2)ccc1Cl. The van der Waals surface area contributed by atoms with Crippen molar-refractivity contribution in [2.45, 2.75) is 61.1 Å². The Morgan fingerprint density at radius 3 is 2.19 bits per heavy atom. The molecule has 0 heterocycles. The van der Waals surface area contributed by atoms with E-state index in [1.807, 2.05) is 0 Å². The fourth-order valence-corrected chi connectivity index (χ4v) is 8.73. The lowest BCUT2D eigenvalue weighted by Crippen LogP contribution is -2.45. The molecule has 0 saturated heterocycles. The Morgan fingerprint density at radius 1 is 1.08 bits per heavy atom. The average Bonchev–Trinajstić information content (AvgIpc) is 3.09. The van der Waals surface area contributed by atoms with E-state index in [0.29, 0.717) is 25.0 Å². The molecule has 2 N–H and O–H groups in total. The van der Waals surface area contributed by atoms with Crippen molar-refractivity contribution in [2.75, 3.05) is 5.32 Å². The maximum absolute atomic E-state index is 13.8. The van der Waals surface area contributed by atoms with E-state index in [0.717, 1.165) is 6.07 Å². The topological polar surface area (TPSA) is 83.5 Å². The molecule has 2 unspecified atom stereocenters. The number of sulfone groups is 1. The smallest absolute Gasteiger partial charge is 0.255 e. The number of fused-ring (bicyclic) bond motifs is 2. The van der Waals surface area contributed by atoms with Crippen LogP contribution in [-0.4, -0.2) is 38.4 Å². The molecular weight excluding hydrogens is 543 g/mol. The molecule has 2 atom stereocenters. The number of hydrogen-bond donors (Lipinski definition) is 2. The van der Waals surface area contributed by atoms with E-state index >= 15 is 0 Å². The highest BCUT2D eigenvalue weighted by Crippen LogP contribution is 2.51. The third kappa shape index (κ3) is 5.75. The molecule has 198 valence electrons. The van der Waals surface area contributed by atoms with Gasteiger partial charge in [0.15, 0.2) is 27.3 Å². The summed E-state index contributed by atoms with van der Waals surface area (Å²) in [6.45, 7) is 6.22. The first-order chi connectivity index (χ1) is 17.1. The number of amides is 1. The quantitative estimate of drug-likeness (QED) is 0.286. The van der Waals surface area contributed by atoms with Crippen molar-refractivity contribution in [3.63, 3.8) is 0 Å². The second kappa shape index (κ2) is 9.77. The summed E-state index contributed by atoms with van der Waals surface area (Å²) in [6, 6.07) is 4.93. The summed E-state index contributed by atoms with van der Waals surface area (Å²) in [5, 5.41) is 12.5. The highest BCUT2D eigenvalue weighted by molar-refractivity contribution is 7.92. The van der Waals surface area contributed by atoms with Crippen molar-refractivity contribution in [3.8, 4) is 11.5 Å². The number of benzene rings is 2. The number of rotatable bonds is 4. The minimum absolute atomic E-state index is 0.0609. The zero-order valence-electron chi connectivity index (χ0n) is 20.5. The summed E-state index contributed by atoms with van der Waals surface area (Å²) in [5.74, 6) is -3.06. The van der Waals surface area contributed by atoms with Crippen molar-refractivity contribution in [1.82, 2.24) is 0 Å². The van der Waals surface area contributed by atoms with Crippen LogP contribution < -0.4 is 5.32 Å². The minimum Gasteiger partial charge on any atom is -0.378 e. The highest BCUT2D eigenvalue weighted by Gasteiger charge is 2.54. The molecule has 0 radical (unpaired) electrons. The van der Waals surface area contributed by atoms with Crippen LogP contribution in [0.4, 0.5) is 18.9 Å². The molecule has 2 bridgehead atoms. The molecule has 0 spiro atoms. The number of nitrogens with one attached hydrogen (secondary N) is 1. The number of anilines is 1. The van der Waals surface area contributed by atoms with Gasteiger partial charge in [0.2, 0.25) is 0 Å². The molecule has 2 aromatic rings. The van der Waals surface area contributed by atoms with Crippen molar-refractivity contribution in [1.29, 1.82) is 0 Å². The van der Waals surface area contributed by atoms with E-state index in [1.54, 1.807) is 0 Å². The van der Waals surface area contributed by atoms with Gasteiger partial charge in [-0.15, -0.1) is 5.54 Å². The maximum Gasteiger partial charge on any atom is 0.255 e. The van der Waals surface area contributed by atoms with Crippen LogP contribution in [0.2, 0.25) is 24.7 Å². The molecule has 5 nitrogen and oxygen atoms in total. The number of carbonyl (C=O) groups excluding carboxylic acids is 1. The summed E-state index contributed by atoms with van der Waals surface area (Å²) in [4.78, 5) is 12.5. The third-order valence-corrected chi connectivity index (χ3v) is 10.6. The van der Waals surface area contributed by atoms with Gasteiger partial charge in [-0.3, -0.25) is 4.79 Å². The van der Waals surface area contributed by atoms with Crippen LogP contribution in [0.15, 0.2) is 35.2 Å². The normalized spacial score (nSPS) is 25.4. The van der Waals surface area contributed by atoms with Crippen LogP contribution in [0.25, 0.3) is 0 Å². The van der Waals surface area contributed by atoms with Crippen molar-refractivity contribution < 1.29 is 31.5 Å². The fraction of sp³-hybridized carbons (Fsp3) is 0.423. The Balaban J connectivity index is 1.61. The molecule has 2 saturated carbocycles. The van der Waals surface area contributed by atoms with Crippen molar-refractivity contribution in [2.24, 2.45) is 11.8 Å². The van der Waals surface area contributed by atoms with E-state index in [1.165, 1.54) is 12.1 Å².